The normalized spacial score (nSPS) is 12.0. The molecule has 0 unspecified atom stereocenters. The molecule has 33 heavy (non-hydrogen) atoms. The van der Waals surface area contributed by atoms with Crippen LogP contribution in [0.3, 0.4) is 0 Å². The van der Waals surface area contributed by atoms with Gasteiger partial charge >= 0.3 is 6.03 Å². The lowest BCUT2D eigenvalue weighted by atomic mass is 10.0. The Morgan fingerprint density at radius 2 is 1.76 bits per heavy atom. The van der Waals surface area contributed by atoms with Gasteiger partial charge in [0.15, 0.2) is 11.6 Å². The smallest absolute Gasteiger partial charge is 0.319 e. The van der Waals surface area contributed by atoms with Gasteiger partial charge in [0.1, 0.15) is 11.8 Å². The summed E-state index contributed by atoms with van der Waals surface area (Å²) in [5.41, 5.74) is 9.80. The van der Waals surface area contributed by atoms with Crippen LogP contribution in [0, 0.1) is 0 Å². The van der Waals surface area contributed by atoms with Crippen LogP contribution >= 0.6 is 0 Å². The second-order valence-electron chi connectivity index (χ2n) is 8.18. The number of urea groups is 1. The first-order valence-electron chi connectivity index (χ1n) is 10.7. The number of rotatable bonds is 6. The van der Waals surface area contributed by atoms with E-state index in [1.807, 2.05) is 57.2 Å². The third-order valence-electron chi connectivity index (χ3n) is 5.48. The van der Waals surface area contributed by atoms with E-state index in [4.69, 9.17) is 5.73 Å². The number of carbonyl (C=O) groups is 2. The number of fused-ring (bicyclic) bond motifs is 1. The Morgan fingerprint density at radius 3 is 2.48 bits per heavy atom. The molecule has 0 radical (unpaired) electrons. The third-order valence-corrected chi connectivity index (χ3v) is 5.48. The van der Waals surface area contributed by atoms with Gasteiger partial charge in [-0.15, -0.1) is 0 Å². The molecule has 168 valence electrons. The van der Waals surface area contributed by atoms with Crippen molar-refractivity contribution in [2.45, 2.75) is 32.7 Å². The molecular weight excluding hydrogens is 416 g/mol. The van der Waals surface area contributed by atoms with E-state index in [2.05, 4.69) is 20.7 Å². The Kier molecular flexibility index (Phi) is 6.08. The van der Waals surface area contributed by atoms with E-state index in [0.29, 0.717) is 22.3 Å². The summed E-state index contributed by atoms with van der Waals surface area (Å²) in [4.78, 5) is 30.0. The average molecular weight is 443 g/mol. The first-order valence-corrected chi connectivity index (χ1v) is 10.7. The van der Waals surface area contributed by atoms with Crippen molar-refractivity contribution >= 4 is 28.8 Å². The second-order valence-corrected chi connectivity index (χ2v) is 8.18. The molecule has 0 fully saturated rings. The maximum atomic E-state index is 13.4. The molecule has 4 N–H and O–H groups in total. The summed E-state index contributed by atoms with van der Waals surface area (Å²) in [6.45, 7) is 5.95. The van der Waals surface area contributed by atoms with Crippen molar-refractivity contribution in [3.8, 4) is 0 Å². The number of nitrogens with two attached hydrogens (primary N) is 1. The molecule has 0 aliphatic rings. The number of nitrogen functional groups attached to an aromatic ring is 1. The van der Waals surface area contributed by atoms with Crippen LogP contribution in [0.1, 0.15) is 59.9 Å². The van der Waals surface area contributed by atoms with Gasteiger partial charge in [0.25, 0.3) is 0 Å². The maximum absolute atomic E-state index is 13.4. The molecule has 2 aromatic heterocycles. The summed E-state index contributed by atoms with van der Waals surface area (Å²) in [7, 11) is 0. The lowest BCUT2D eigenvalue weighted by Gasteiger charge is -2.15. The predicted octanol–water partition coefficient (Wildman–Crippen LogP) is 4.55. The first-order chi connectivity index (χ1) is 15.8. The quantitative estimate of drug-likeness (QED) is 0.379. The van der Waals surface area contributed by atoms with E-state index < -0.39 is 0 Å². The van der Waals surface area contributed by atoms with Crippen LogP contribution in [0.5, 0.6) is 0 Å². The van der Waals surface area contributed by atoms with Crippen LogP contribution in [0.25, 0.3) is 5.52 Å². The highest BCUT2D eigenvalue weighted by Crippen LogP contribution is 2.27. The summed E-state index contributed by atoms with van der Waals surface area (Å²) in [5, 5.41) is 9.98. The number of ketones is 1. The van der Waals surface area contributed by atoms with Gasteiger partial charge in [0.05, 0.1) is 11.6 Å². The molecule has 0 saturated carbocycles. The Bertz CT molecular complexity index is 1310. The topological polar surface area (TPSA) is 114 Å². The Labute approximate surface area is 191 Å². The maximum Gasteiger partial charge on any atom is 0.319 e. The number of amides is 2. The number of nitrogens with zero attached hydrogens (tertiary/aromatic N) is 3. The number of benzene rings is 2. The van der Waals surface area contributed by atoms with Crippen molar-refractivity contribution in [2.24, 2.45) is 0 Å². The molecule has 4 rings (SSSR count). The minimum Gasteiger partial charge on any atom is -0.382 e. The molecule has 2 aromatic carbocycles. The molecule has 2 heterocycles. The Balaban J connectivity index is 1.57. The third kappa shape index (κ3) is 4.55. The molecular formula is C25H26N6O2. The Morgan fingerprint density at radius 1 is 1.00 bits per heavy atom. The van der Waals surface area contributed by atoms with Gasteiger partial charge in [-0.05, 0) is 36.6 Å². The van der Waals surface area contributed by atoms with Crippen molar-refractivity contribution in [1.82, 2.24) is 19.9 Å². The molecule has 0 saturated heterocycles. The fourth-order valence-corrected chi connectivity index (χ4v) is 3.76. The minimum absolute atomic E-state index is 0.136. The van der Waals surface area contributed by atoms with Gasteiger partial charge in [-0.3, -0.25) is 4.79 Å². The van der Waals surface area contributed by atoms with Crippen LogP contribution in [0.15, 0.2) is 67.0 Å². The van der Waals surface area contributed by atoms with E-state index in [1.165, 1.54) is 6.33 Å². The van der Waals surface area contributed by atoms with Crippen molar-refractivity contribution < 1.29 is 9.59 Å². The van der Waals surface area contributed by atoms with Crippen LogP contribution in [-0.4, -0.2) is 26.4 Å². The molecule has 2 amide bonds. The fourth-order valence-electron chi connectivity index (χ4n) is 3.76. The number of aromatic nitrogens is 3. The van der Waals surface area contributed by atoms with Crippen LogP contribution in [0.2, 0.25) is 0 Å². The summed E-state index contributed by atoms with van der Waals surface area (Å²) >= 11 is 0. The number of anilines is 2. The summed E-state index contributed by atoms with van der Waals surface area (Å²) in [6, 6.07) is 17.8. The molecule has 1 atom stereocenters. The van der Waals surface area contributed by atoms with E-state index >= 15 is 0 Å². The lowest BCUT2D eigenvalue weighted by molar-refractivity contribution is 0.104. The fraction of sp³-hybridized carbons (Fsp3) is 0.200. The van der Waals surface area contributed by atoms with E-state index in [-0.39, 0.29) is 29.6 Å². The zero-order chi connectivity index (χ0) is 23.5. The predicted molar refractivity (Wildman–Crippen MR) is 128 cm³/mol. The van der Waals surface area contributed by atoms with Gasteiger partial charge in [-0.1, -0.05) is 56.3 Å². The average Bonchev–Trinajstić information content (AvgIpc) is 3.20. The number of nitrogens with one attached hydrogen (secondary N) is 2. The van der Waals surface area contributed by atoms with Crippen LogP contribution in [-0.2, 0) is 0 Å². The highest BCUT2D eigenvalue weighted by Gasteiger charge is 2.22. The number of hydrogen-bond donors (Lipinski definition) is 3. The highest BCUT2D eigenvalue weighted by molar-refractivity contribution is 6.15. The second kappa shape index (κ2) is 9.12. The van der Waals surface area contributed by atoms with Gasteiger partial charge in [0, 0.05) is 16.9 Å². The summed E-state index contributed by atoms with van der Waals surface area (Å²) < 4.78 is 1.67. The van der Waals surface area contributed by atoms with Crippen molar-refractivity contribution in [3.05, 3.63) is 89.4 Å². The lowest BCUT2D eigenvalue weighted by Crippen LogP contribution is -2.31. The SMILES string of the molecule is CC(C)c1cc(C(=O)c2cccc(NC(=O)N[C@@H](C)c3ccccc3)c2)c2c(N)ncnn12. The van der Waals surface area contributed by atoms with Crippen LogP contribution in [0.4, 0.5) is 16.3 Å². The molecule has 0 aliphatic heterocycles. The zero-order valence-corrected chi connectivity index (χ0v) is 18.7. The standard InChI is InChI=1S/C25H26N6O2/c1-15(2)21-13-20(22-24(26)27-14-28-31(21)22)23(32)18-10-7-11-19(12-18)30-25(33)29-16(3)17-8-5-4-6-9-17/h4-16H,1-3H3,(H2,26,27,28)(H2,29,30,33)/t16-/m0/s1. The van der Waals surface area contributed by atoms with Crippen molar-refractivity contribution in [2.75, 3.05) is 11.1 Å². The molecule has 0 bridgehead atoms. The minimum atomic E-state index is -0.356. The van der Waals surface area contributed by atoms with Gasteiger partial charge < -0.3 is 16.4 Å². The van der Waals surface area contributed by atoms with Gasteiger partial charge in [-0.25, -0.2) is 14.3 Å². The van der Waals surface area contributed by atoms with E-state index in [0.717, 1.165) is 11.3 Å². The largest absolute Gasteiger partial charge is 0.382 e. The first kappa shape index (κ1) is 22.0. The molecule has 0 aliphatic carbocycles. The Hall–Kier alpha value is -4.20. The van der Waals surface area contributed by atoms with Crippen molar-refractivity contribution in [3.63, 3.8) is 0 Å². The molecule has 8 nitrogen and oxygen atoms in total. The van der Waals surface area contributed by atoms with Gasteiger partial charge in [-0.2, -0.15) is 5.10 Å². The molecule has 8 heteroatoms. The molecule has 0 spiro atoms. The van der Waals surface area contributed by atoms with Crippen LogP contribution < -0.4 is 16.4 Å². The zero-order valence-electron chi connectivity index (χ0n) is 18.7. The monoisotopic (exact) mass is 442 g/mol. The van der Waals surface area contributed by atoms with Crippen molar-refractivity contribution in [1.29, 1.82) is 0 Å². The van der Waals surface area contributed by atoms with E-state index in [1.54, 1.807) is 28.8 Å². The summed E-state index contributed by atoms with van der Waals surface area (Å²) in [5.74, 6) is 0.156. The highest BCUT2D eigenvalue weighted by atomic mass is 16.2. The number of carbonyl (C=O) groups excluding carboxylic acids is 2. The van der Waals surface area contributed by atoms with E-state index in [9.17, 15) is 9.59 Å². The van der Waals surface area contributed by atoms with Gasteiger partial charge in [0.2, 0.25) is 0 Å². The summed E-state index contributed by atoms with van der Waals surface area (Å²) in [6.07, 6.45) is 1.38. The molecule has 4 aromatic rings. The number of hydrogen-bond acceptors (Lipinski definition) is 5.